The van der Waals surface area contributed by atoms with Crippen molar-refractivity contribution in [3.05, 3.63) is 47.8 Å². The predicted molar refractivity (Wildman–Crippen MR) is 53.4 cm³/mol. The van der Waals surface area contributed by atoms with Gasteiger partial charge in [0.25, 0.3) is 0 Å². The minimum absolute atomic E-state index is 0.713. The van der Waals surface area contributed by atoms with Gasteiger partial charge in [-0.05, 0) is 18.1 Å². The van der Waals surface area contributed by atoms with Crippen LogP contribution in [0.15, 0.2) is 42.3 Å². The predicted octanol–water partition coefficient (Wildman–Crippen LogP) is 1.54. The van der Waals surface area contributed by atoms with E-state index in [4.69, 9.17) is 5.11 Å². The summed E-state index contributed by atoms with van der Waals surface area (Å²) in [7, 11) is 0. The minimum Gasteiger partial charge on any atom is -0.478 e. The molecule has 0 aliphatic carbocycles. The Balaban J connectivity index is 2.70. The summed E-state index contributed by atoms with van der Waals surface area (Å²) in [4.78, 5) is 13.2. The van der Waals surface area contributed by atoms with E-state index in [1.54, 1.807) is 13.0 Å². The molecular formula is C11H12NO2+. The van der Waals surface area contributed by atoms with Crippen molar-refractivity contribution in [2.45, 2.75) is 6.92 Å². The van der Waals surface area contributed by atoms with Gasteiger partial charge in [-0.15, -0.1) is 0 Å². The lowest BCUT2D eigenvalue weighted by atomic mass is 10.2. The Kier molecular flexibility index (Phi) is 3.61. The summed E-state index contributed by atoms with van der Waals surface area (Å²) in [6.45, 7) is 1.75. The van der Waals surface area contributed by atoms with Crippen molar-refractivity contribution in [2.75, 3.05) is 0 Å². The average Bonchev–Trinajstić information content (AvgIpc) is 2.15. The molecule has 72 valence electrons. The second-order valence-corrected chi connectivity index (χ2v) is 2.89. The van der Waals surface area contributed by atoms with Gasteiger partial charge in [-0.3, -0.25) is 0 Å². The van der Waals surface area contributed by atoms with E-state index < -0.39 is 5.97 Å². The number of H-pyrrole nitrogens is 1. The first-order chi connectivity index (χ1) is 6.68. The van der Waals surface area contributed by atoms with Crippen LogP contribution in [0.3, 0.4) is 0 Å². The Morgan fingerprint density at radius 2 is 2.07 bits per heavy atom. The van der Waals surface area contributed by atoms with Crippen LogP contribution in [-0.4, -0.2) is 11.1 Å². The first-order valence-corrected chi connectivity index (χ1v) is 4.24. The zero-order valence-corrected chi connectivity index (χ0v) is 7.90. The number of carbonyl (C=O) groups is 1. The maximum absolute atomic E-state index is 10.3. The third kappa shape index (κ3) is 3.67. The molecule has 0 amide bonds. The fourth-order valence-electron chi connectivity index (χ4n) is 0.981. The monoisotopic (exact) mass is 190 g/mol. The average molecular weight is 190 g/mol. The van der Waals surface area contributed by atoms with Crippen LogP contribution in [0, 0.1) is 0 Å². The molecule has 1 rings (SSSR count). The number of nitrogens with one attached hydrogen (secondary N) is 1. The van der Waals surface area contributed by atoms with Crippen molar-refractivity contribution in [3.8, 4) is 0 Å². The summed E-state index contributed by atoms with van der Waals surface area (Å²) >= 11 is 0. The van der Waals surface area contributed by atoms with Gasteiger partial charge in [0.2, 0.25) is 0 Å². The van der Waals surface area contributed by atoms with E-state index in [1.165, 1.54) is 6.08 Å². The third-order valence-corrected chi connectivity index (χ3v) is 1.63. The normalized spacial score (nSPS) is 11.9. The zero-order chi connectivity index (χ0) is 10.4. The van der Waals surface area contributed by atoms with E-state index >= 15 is 0 Å². The Labute approximate surface area is 82.4 Å². The van der Waals surface area contributed by atoms with Crippen LogP contribution >= 0.6 is 0 Å². The molecule has 0 aliphatic rings. The summed E-state index contributed by atoms with van der Waals surface area (Å²) < 4.78 is 0. The van der Waals surface area contributed by atoms with E-state index in [0.717, 1.165) is 5.56 Å². The molecule has 1 aromatic heterocycles. The second kappa shape index (κ2) is 4.97. The number of aromatic amines is 1. The van der Waals surface area contributed by atoms with Gasteiger partial charge >= 0.3 is 5.97 Å². The highest BCUT2D eigenvalue weighted by molar-refractivity contribution is 5.81. The Hall–Kier alpha value is -1.90. The number of hydrogen-bond donors (Lipinski definition) is 1. The molecule has 0 spiro atoms. The molecule has 0 fully saturated rings. The molecule has 1 heterocycles. The second-order valence-electron chi connectivity index (χ2n) is 2.89. The number of aromatic nitrogens is 1. The standard InChI is InChI=1S/C11H11NO2/c1-9(8-11(13)14)2-3-10-4-6-12-7-5-10/h2-8H,1H3,(H,13,14)/p+1. The van der Waals surface area contributed by atoms with Crippen molar-refractivity contribution >= 4 is 12.0 Å². The number of allylic oxidation sites excluding steroid dienone is 2. The van der Waals surface area contributed by atoms with Gasteiger partial charge in [0.15, 0.2) is 12.4 Å². The van der Waals surface area contributed by atoms with Crippen LogP contribution in [-0.2, 0) is 4.79 Å². The van der Waals surface area contributed by atoms with E-state index in [1.807, 2.05) is 30.6 Å². The van der Waals surface area contributed by atoms with E-state index in [-0.39, 0.29) is 0 Å². The Bertz CT molecular complexity index is 366. The quantitative estimate of drug-likeness (QED) is 0.580. The van der Waals surface area contributed by atoms with Gasteiger partial charge in [-0.1, -0.05) is 12.2 Å². The molecule has 1 aromatic rings. The highest BCUT2D eigenvalue weighted by Crippen LogP contribution is 2.02. The van der Waals surface area contributed by atoms with Gasteiger partial charge < -0.3 is 5.11 Å². The highest BCUT2D eigenvalue weighted by Gasteiger charge is 1.90. The van der Waals surface area contributed by atoms with Crippen molar-refractivity contribution in [1.82, 2.24) is 0 Å². The topological polar surface area (TPSA) is 51.4 Å². The zero-order valence-electron chi connectivity index (χ0n) is 7.90. The van der Waals surface area contributed by atoms with Crippen LogP contribution in [0.5, 0.6) is 0 Å². The van der Waals surface area contributed by atoms with Crippen LogP contribution in [0.4, 0.5) is 0 Å². The van der Waals surface area contributed by atoms with E-state index in [0.29, 0.717) is 5.57 Å². The van der Waals surface area contributed by atoms with Gasteiger partial charge in [0.05, 0.1) is 0 Å². The van der Waals surface area contributed by atoms with Crippen LogP contribution in [0.1, 0.15) is 12.5 Å². The Morgan fingerprint density at radius 1 is 1.43 bits per heavy atom. The van der Waals surface area contributed by atoms with Crippen molar-refractivity contribution in [2.24, 2.45) is 0 Å². The lowest BCUT2D eigenvalue weighted by molar-refractivity contribution is -0.378. The molecule has 2 N–H and O–H groups in total. The van der Waals surface area contributed by atoms with Crippen molar-refractivity contribution in [3.63, 3.8) is 0 Å². The molecule has 14 heavy (non-hydrogen) atoms. The third-order valence-electron chi connectivity index (χ3n) is 1.63. The number of carboxylic acid groups (broad SMARTS) is 1. The van der Waals surface area contributed by atoms with Crippen molar-refractivity contribution < 1.29 is 14.9 Å². The summed E-state index contributed by atoms with van der Waals surface area (Å²) in [5, 5.41) is 8.47. The largest absolute Gasteiger partial charge is 0.478 e. The molecule has 0 aliphatic heterocycles. The number of aliphatic carboxylic acids is 1. The molecule has 0 aromatic carbocycles. The lowest BCUT2D eigenvalue weighted by Crippen LogP contribution is -1.96. The molecule has 3 nitrogen and oxygen atoms in total. The summed E-state index contributed by atoms with van der Waals surface area (Å²) in [5.74, 6) is -0.923. The van der Waals surface area contributed by atoms with Gasteiger partial charge in [-0.25, -0.2) is 9.78 Å². The van der Waals surface area contributed by atoms with Crippen molar-refractivity contribution in [1.29, 1.82) is 0 Å². The number of pyridine rings is 1. The highest BCUT2D eigenvalue weighted by atomic mass is 16.4. The number of rotatable bonds is 3. The summed E-state index contributed by atoms with van der Waals surface area (Å²) in [6, 6.07) is 3.81. The first kappa shape index (κ1) is 10.2. The molecule has 3 heteroatoms. The molecule has 0 radical (unpaired) electrons. The Morgan fingerprint density at radius 3 is 2.64 bits per heavy atom. The molecule has 0 unspecified atom stereocenters. The fourth-order valence-corrected chi connectivity index (χ4v) is 0.981. The lowest BCUT2D eigenvalue weighted by Gasteiger charge is -1.89. The van der Waals surface area contributed by atoms with Crippen LogP contribution in [0.25, 0.3) is 6.08 Å². The van der Waals surface area contributed by atoms with E-state index in [2.05, 4.69) is 4.98 Å². The minimum atomic E-state index is -0.923. The van der Waals surface area contributed by atoms with Crippen LogP contribution < -0.4 is 4.98 Å². The number of hydrogen-bond acceptors (Lipinski definition) is 1. The fraction of sp³-hybridized carbons (Fsp3) is 0.0909. The van der Waals surface area contributed by atoms with Gasteiger partial charge in [-0.2, -0.15) is 0 Å². The van der Waals surface area contributed by atoms with Gasteiger partial charge in [0, 0.05) is 18.2 Å². The SMILES string of the molecule is CC(C=Cc1cc[nH+]cc1)=CC(=O)O. The maximum atomic E-state index is 10.3. The molecular weight excluding hydrogens is 178 g/mol. The maximum Gasteiger partial charge on any atom is 0.328 e. The molecule has 0 atom stereocenters. The molecule has 0 saturated heterocycles. The first-order valence-electron chi connectivity index (χ1n) is 4.24. The van der Waals surface area contributed by atoms with Gasteiger partial charge in [0.1, 0.15) is 0 Å². The number of carboxylic acids is 1. The molecule has 0 bridgehead atoms. The van der Waals surface area contributed by atoms with Crippen LogP contribution in [0.2, 0.25) is 0 Å². The van der Waals surface area contributed by atoms with E-state index in [9.17, 15) is 4.79 Å². The smallest absolute Gasteiger partial charge is 0.328 e. The summed E-state index contributed by atoms with van der Waals surface area (Å²) in [5.41, 5.74) is 1.74. The molecule has 0 saturated carbocycles. The summed E-state index contributed by atoms with van der Waals surface area (Å²) in [6.07, 6.45) is 8.43.